The zero-order valence-corrected chi connectivity index (χ0v) is 13.0. The molecule has 1 heterocycles. The van der Waals surface area contributed by atoms with E-state index < -0.39 is 0 Å². The zero-order valence-electron chi connectivity index (χ0n) is 13.0. The van der Waals surface area contributed by atoms with E-state index in [0.29, 0.717) is 0 Å². The highest BCUT2D eigenvalue weighted by atomic mass is 16.5. The summed E-state index contributed by atoms with van der Waals surface area (Å²) in [4.78, 5) is 11.8. The maximum atomic E-state index is 11.8. The third kappa shape index (κ3) is 2.77. The van der Waals surface area contributed by atoms with Crippen molar-refractivity contribution in [2.24, 2.45) is 0 Å². The normalized spacial score (nSPS) is 12.0. The summed E-state index contributed by atoms with van der Waals surface area (Å²) >= 11 is 0. The van der Waals surface area contributed by atoms with E-state index in [0.717, 1.165) is 28.4 Å². The average molecular weight is 288 g/mol. The molecule has 1 atom stereocenters. The first-order valence-corrected chi connectivity index (χ1v) is 6.78. The first-order chi connectivity index (χ1) is 9.99. The summed E-state index contributed by atoms with van der Waals surface area (Å²) in [5.41, 5.74) is 3.56. The van der Waals surface area contributed by atoms with Gasteiger partial charge in [0.05, 0.1) is 31.5 Å². The molecule has 2 aromatic rings. The van der Waals surface area contributed by atoms with Crippen LogP contribution in [-0.2, 0) is 9.53 Å². The quantitative estimate of drug-likeness (QED) is 0.812. The van der Waals surface area contributed by atoms with Crippen molar-refractivity contribution < 1.29 is 14.3 Å². The molecule has 0 spiro atoms. The van der Waals surface area contributed by atoms with Gasteiger partial charge in [-0.25, -0.2) is 4.68 Å². The molecule has 0 bridgehead atoms. The third-order valence-electron chi connectivity index (χ3n) is 3.63. The van der Waals surface area contributed by atoms with Gasteiger partial charge >= 0.3 is 5.97 Å². The fraction of sp³-hybridized carbons (Fsp3) is 0.375. The smallest absolute Gasteiger partial charge is 0.312 e. The molecule has 0 aliphatic carbocycles. The van der Waals surface area contributed by atoms with Crippen LogP contribution in [0.3, 0.4) is 0 Å². The molecule has 21 heavy (non-hydrogen) atoms. The lowest BCUT2D eigenvalue weighted by Crippen LogP contribution is -2.12. The Morgan fingerprint density at radius 3 is 2.62 bits per heavy atom. The second-order valence-corrected chi connectivity index (χ2v) is 4.94. The van der Waals surface area contributed by atoms with Crippen LogP contribution in [0.25, 0.3) is 5.69 Å². The van der Waals surface area contributed by atoms with E-state index in [1.54, 1.807) is 7.11 Å². The number of hydrogen-bond donors (Lipinski definition) is 0. The number of rotatable bonds is 4. The molecule has 0 aliphatic rings. The van der Waals surface area contributed by atoms with Crippen molar-refractivity contribution in [3.8, 4) is 11.4 Å². The second kappa shape index (κ2) is 5.99. The van der Waals surface area contributed by atoms with Gasteiger partial charge in [0.25, 0.3) is 0 Å². The van der Waals surface area contributed by atoms with Gasteiger partial charge in [-0.1, -0.05) is 6.07 Å². The van der Waals surface area contributed by atoms with Gasteiger partial charge in [-0.3, -0.25) is 4.79 Å². The summed E-state index contributed by atoms with van der Waals surface area (Å²) in [5, 5.41) is 4.55. The van der Waals surface area contributed by atoms with Gasteiger partial charge in [-0.15, -0.1) is 0 Å². The number of methoxy groups -OCH3 is 2. The molecule has 112 valence electrons. The predicted molar refractivity (Wildman–Crippen MR) is 80.0 cm³/mol. The Labute approximate surface area is 124 Å². The van der Waals surface area contributed by atoms with E-state index in [4.69, 9.17) is 9.47 Å². The molecule has 0 aliphatic heterocycles. The summed E-state index contributed by atoms with van der Waals surface area (Å²) in [6, 6.07) is 7.65. The van der Waals surface area contributed by atoms with Crippen LogP contribution in [0.1, 0.15) is 29.8 Å². The number of aryl methyl sites for hydroxylation is 1. The Balaban J connectivity index is 2.50. The average Bonchev–Trinajstić information content (AvgIpc) is 2.80. The SMILES string of the molecule is COC(=O)C(C)c1c(C)nn(-c2cccc(OC)c2)c1C. The number of aromatic nitrogens is 2. The van der Waals surface area contributed by atoms with Crippen molar-refractivity contribution in [1.29, 1.82) is 0 Å². The highest BCUT2D eigenvalue weighted by Crippen LogP contribution is 2.27. The molecule has 1 aromatic heterocycles. The Kier molecular flexibility index (Phi) is 4.31. The highest BCUT2D eigenvalue weighted by Gasteiger charge is 2.24. The first kappa shape index (κ1) is 15.1. The van der Waals surface area contributed by atoms with Gasteiger partial charge in [0.1, 0.15) is 5.75 Å². The lowest BCUT2D eigenvalue weighted by molar-refractivity contribution is -0.142. The Morgan fingerprint density at radius 1 is 1.29 bits per heavy atom. The lowest BCUT2D eigenvalue weighted by atomic mass is 9.99. The molecule has 0 saturated heterocycles. The third-order valence-corrected chi connectivity index (χ3v) is 3.63. The maximum Gasteiger partial charge on any atom is 0.312 e. The van der Waals surface area contributed by atoms with E-state index in [-0.39, 0.29) is 11.9 Å². The monoisotopic (exact) mass is 288 g/mol. The van der Waals surface area contributed by atoms with Gasteiger partial charge in [0.2, 0.25) is 0 Å². The lowest BCUT2D eigenvalue weighted by Gasteiger charge is -2.11. The summed E-state index contributed by atoms with van der Waals surface area (Å²) < 4.78 is 11.9. The fourth-order valence-corrected chi connectivity index (χ4v) is 2.57. The van der Waals surface area contributed by atoms with Crippen LogP contribution in [0.2, 0.25) is 0 Å². The number of nitrogens with zero attached hydrogens (tertiary/aromatic N) is 2. The van der Waals surface area contributed by atoms with Gasteiger partial charge in [0, 0.05) is 17.3 Å². The van der Waals surface area contributed by atoms with Crippen LogP contribution >= 0.6 is 0 Å². The highest BCUT2D eigenvalue weighted by molar-refractivity contribution is 5.78. The molecule has 0 amide bonds. The van der Waals surface area contributed by atoms with Gasteiger partial charge < -0.3 is 9.47 Å². The van der Waals surface area contributed by atoms with Gasteiger partial charge in [-0.2, -0.15) is 5.10 Å². The van der Waals surface area contributed by atoms with Crippen molar-refractivity contribution in [2.45, 2.75) is 26.7 Å². The van der Waals surface area contributed by atoms with Gasteiger partial charge in [-0.05, 0) is 32.9 Å². The molecule has 0 radical (unpaired) electrons. The molecule has 5 nitrogen and oxygen atoms in total. The van der Waals surface area contributed by atoms with Crippen molar-refractivity contribution in [3.63, 3.8) is 0 Å². The Hall–Kier alpha value is -2.30. The molecule has 0 fully saturated rings. The fourth-order valence-electron chi connectivity index (χ4n) is 2.57. The molecular formula is C16H20N2O3. The summed E-state index contributed by atoms with van der Waals surface area (Å²) in [5.74, 6) is 0.170. The summed E-state index contributed by atoms with van der Waals surface area (Å²) in [6.07, 6.45) is 0. The molecule has 2 rings (SSSR count). The minimum Gasteiger partial charge on any atom is -0.497 e. The zero-order chi connectivity index (χ0) is 15.6. The van der Waals surface area contributed by atoms with E-state index in [1.807, 2.05) is 49.7 Å². The molecule has 0 saturated carbocycles. The number of esters is 1. The number of carbonyl (C=O) groups is 1. The van der Waals surface area contributed by atoms with Crippen LogP contribution < -0.4 is 4.74 Å². The Morgan fingerprint density at radius 2 is 2.00 bits per heavy atom. The first-order valence-electron chi connectivity index (χ1n) is 6.78. The van der Waals surface area contributed by atoms with Crippen LogP contribution in [0, 0.1) is 13.8 Å². The van der Waals surface area contributed by atoms with Crippen molar-refractivity contribution in [2.75, 3.05) is 14.2 Å². The van der Waals surface area contributed by atoms with E-state index in [9.17, 15) is 4.79 Å². The van der Waals surface area contributed by atoms with E-state index in [2.05, 4.69) is 5.10 Å². The topological polar surface area (TPSA) is 53.3 Å². The maximum absolute atomic E-state index is 11.8. The minimum atomic E-state index is -0.339. The van der Waals surface area contributed by atoms with Gasteiger partial charge in [0.15, 0.2) is 0 Å². The number of carbonyl (C=O) groups excluding carboxylic acids is 1. The van der Waals surface area contributed by atoms with Crippen LogP contribution in [0.15, 0.2) is 24.3 Å². The number of benzene rings is 1. The molecule has 5 heteroatoms. The largest absolute Gasteiger partial charge is 0.497 e. The minimum absolute atomic E-state index is 0.258. The van der Waals surface area contributed by atoms with Crippen molar-refractivity contribution in [3.05, 3.63) is 41.2 Å². The molecule has 1 aromatic carbocycles. The van der Waals surface area contributed by atoms with Crippen LogP contribution in [0.4, 0.5) is 0 Å². The summed E-state index contributed by atoms with van der Waals surface area (Å²) in [7, 11) is 3.03. The number of ether oxygens (including phenoxy) is 2. The Bertz CT molecular complexity index is 662. The standard InChI is InChI=1S/C16H20N2O3/c1-10(16(19)21-5)15-11(2)17-18(12(15)3)13-7-6-8-14(9-13)20-4/h6-10H,1-5H3. The van der Waals surface area contributed by atoms with E-state index in [1.165, 1.54) is 7.11 Å². The molecule has 1 unspecified atom stereocenters. The summed E-state index contributed by atoms with van der Waals surface area (Å²) in [6.45, 7) is 5.69. The van der Waals surface area contributed by atoms with Crippen LogP contribution in [-0.4, -0.2) is 30.0 Å². The second-order valence-electron chi connectivity index (χ2n) is 4.94. The molecule has 0 N–H and O–H groups in total. The predicted octanol–water partition coefficient (Wildman–Crippen LogP) is 2.77. The van der Waals surface area contributed by atoms with Crippen molar-refractivity contribution >= 4 is 5.97 Å². The van der Waals surface area contributed by atoms with E-state index >= 15 is 0 Å². The van der Waals surface area contributed by atoms with Crippen LogP contribution in [0.5, 0.6) is 5.75 Å². The molecular weight excluding hydrogens is 268 g/mol. The van der Waals surface area contributed by atoms with Crippen molar-refractivity contribution in [1.82, 2.24) is 9.78 Å². The number of hydrogen-bond acceptors (Lipinski definition) is 4.